The summed E-state index contributed by atoms with van der Waals surface area (Å²) < 4.78 is 1.92. The highest BCUT2D eigenvalue weighted by Crippen LogP contribution is 2.15. The minimum atomic E-state index is 0.114. The maximum absolute atomic E-state index is 11.9. The van der Waals surface area contributed by atoms with Crippen LogP contribution in [0.15, 0.2) is 12.5 Å². The van der Waals surface area contributed by atoms with Crippen molar-refractivity contribution in [3.8, 4) is 0 Å². The Morgan fingerprint density at radius 3 is 3.07 bits per heavy atom. The maximum Gasteiger partial charge on any atom is 0.272 e. The molecule has 0 aromatic carbocycles. The van der Waals surface area contributed by atoms with Gasteiger partial charge in [-0.05, 0) is 13.3 Å². The van der Waals surface area contributed by atoms with Crippen LogP contribution < -0.4 is 0 Å². The number of carbonyl (C=O) groups is 1. The third-order valence-corrected chi connectivity index (χ3v) is 2.90. The SMILES string of the molecule is CCC(C)N1CCn2cncc2C1=O. The van der Waals surface area contributed by atoms with E-state index in [4.69, 9.17) is 0 Å². The number of fused-ring (bicyclic) bond motifs is 1. The summed E-state index contributed by atoms with van der Waals surface area (Å²) in [7, 11) is 0. The molecular formula is C10H15N3O. The van der Waals surface area contributed by atoms with Gasteiger partial charge >= 0.3 is 0 Å². The van der Waals surface area contributed by atoms with Crippen LogP contribution in [0.25, 0.3) is 0 Å². The maximum atomic E-state index is 11.9. The molecule has 0 aliphatic carbocycles. The fourth-order valence-corrected chi connectivity index (χ4v) is 1.78. The van der Waals surface area contributed by atoms with Crippen molar-refractivity contribution >= 4 is 5.91 Å². The van der Waals surface area contributed by atoms with E-state index in [1.54, 1.807) is 12.5 Å². The van der Waals surface area contributed by atoms with Crippen molar-refractivity contribution in [1.29, 1.82) is 0 Å². The van der Waals surface area contributed by atoms with Gasteiger partial charge < -0.3 is 9.47 Å². The number of hydrogen-bond donors (Lipinski definition) is 0. The van der Waals surface area contributed by atoms with Gasteiger partial charge in [0.05, 0.1) is 12.5 Å². The van der Waals surface area contributed by atoms with Gasteiger partial charge in [-0.25, -0.2) is 4.98 Å². The van der Waals surface area contributed by atoms with Crippen LogP contribution in [0.4, 0.5) is 0 Å². The Hall–Kier alpha value is -1.32. The normalized spacial score (nSPS) is 18.1. The number of amides is 1. The summed E-state index contributed by atoms with van der Waals surface area (Å²) in [6.07, 6.45) is 4.37. The first-order chi connectivity index (χ1) is 6.74. The van der Waals surface area contributed by atoms with Gasteiger partial charge in [0, 0.05) is 19.1 Å². The molecule has 1 aliphatic heterocycles. The molecule has 0 fully saturated rings. The zero-order chi connectivity index (χ0) is 10.1. The number of aromatic nitrogens is 2. The molecule has 1 unspecified atom stereocenters. The van der Waals surface area contributed by atoms with Crippen molar-refractivity contribution in [2.75, 3.05) is 6.54 Å². The molecule has 0 saturated heterocycles. The summed E-state index contributed by atoms with van der Waals surface area (Å²) in [6.45, 7) is 5.86. The minimum Gasteiger partial charge on any atom is -0.333 e. The van der Waals surface area contributed by atoms with Crippen molar-refractivity contribution in [1.82, 2.24) is 14.5 Å². The Morgan fingerprint density at radius 1 is 1.57 bits per heavy atom. The van der Waals surface area contributed by atoms with Crippen molar-refractivity contribution in [3.05, 3.63) is 18.2 Å². The quantitative estimate of drug-likeness (QED) is 0.706. The summed E-state index contributed by atoms with van der Waals surface area (Å²) in [5.41, 5.74) is 0.719. The van der Waals surface area contributed by atoms with E-state index in [-0.39, 0.29) is 5.91 Å². The third-order valence-electron chi connectivity index (χ3n) is 2.90. The molecular weight excluding hydrogens is 178 g/mol. The number of hydrogen-bond acceptors (Lipinski definition) is 2. The Labute approximate surface area is 83.5 Å². The van der Waals surface area contributed by atoms with Crippen LogP contribution in [0.3, 0.4) is 0 Å². The predicted molar refractivity (Wildman–Crippen MR) is 53.0 cm³/mol. The summed E-state index contributed by atoms with van der Waals surface area (Å²) in [5.74, 6) is 0.114. The zero-order valence-corrected chi connectivity index (χ0v) is 8.60. The lowest BCUT2D eigenvalue weighted by Crippen LogP contribution is -2.44. The molecule has 2 heterocycles. The van der Waals surface area contributed by atoms with Gasteiger partial charge in [0.25, 0.3) is 5.91 Å². The molecule has 76 valence electrons. The molecule has 0 saturated carbocycles. The van der Waals surface area contributed by atoms with Gasteiger partial charge in [-0.2, -0.15) is 0 Å². The van der Waals surface area contributed by atoms with Crippen molar-refractivity contribution < 1.29 is 4.79 Å². The predicted octanol–water partition coefficient (Wildman–Crippen LogP) is 1.14. The number of rotatable bonds is 2. The topological polar surface area (TPSA) is 38.1 Å². The van der Waals surface area contributed by atoms with Crippen molar-refractivity contribution in [2.45, 2.75) is 32.9 Å². The molecule has 1 amide bonds. The third kappa shape index (κ3) is 1.31. The van der Waals surface area contributed by atoms with Crippen LogP contribution in [-0.4, -0.2) is 32.9 Å². The second-order valence-corrected chi connectivity index (χ2v) is 3.73. The lowest BCUT2D eigenvalue weighted by Gasteiger charge is -2.32. The molecule has 0 N–H and O–H groups in total. The van der Waals surface area contributed by atoms with Crippen molar-refractivity contribution in [3.63, 3.8) is 0 Å². The smallest absolute Gasteiger partial charge is 0.272 e. The van der Waals surface area contributed by atoms with Gasteiger partial charge in [0.1, 0.15) is 5.69 Å². The Morgan fingerprint density at radius 2 is 2.36 bits per heavy atom. The highest BCUT2D eigenvalue weighted by Gasteiger charge is 2.26. The van der Waals surface area contributed by atoms with Gasteiger partial charge in [-0.1, -0.05) is 6.92 Å². The lowest BCUT2D eigenvalue weighted by atomic mass is 10.2. The van der Waals surface area contributed by atoms with Crippen LogP contribution in [0.1, 0.15) is 30.8 Å². The van der Waals surface area contributed by atoms with E-state index in [2.05, 4.69) is 18.8 Å². The largest absolute Gasteiger partial charge is 0.333 e. The van der Waals surface area contributed by atoms with Crippen LogP contribution in [0.5, 0.6) is 0 Å². The Kier molecular flexibility index (Phi) is 2.27. The number of imidazole rings is 1. The molecule has 1 aliphatic rings. The number of carbonyl (C=O) groups excluding carboxylic acids is 1. The molecule has 1 aromatic rings. The van der Waals surface area contributed by atoms with E-state index >= 15 is 0 Å². The Bertz CT molecular complexity index is 345. The highest BCUT2D eigenvalue weighted by atomic mass is 16.2. The molecule has 4 heteroatoms. The molecule has 1 atom stereocenters. The Balaban J connectivity index is 2.25. The van der Waals surface area contributed by atoms with Crippen molar-refractivity contribution in [2.24, 2.45) is 0 Å². The average Bonchev–Trinajstić information content (AvgIpc) is 2.66. The molecule has 1 aromatic heterocycles. The second-order valence-electron chi connectivity index (χ2n) is 3.73. The number of nitrogens with zero attached hydrogens (tertiary/aromatic N) is 3. The van der Waals surface area contributed by atoms with E-state index in [9.17, 15) is 4.79 Å². The first-order valence-electron chi connectivity index (χ1n) is 5.05. The standard InChI is InChI=1S/C10H15N3O/c1-3-8(2)13-5-4-12-7-11-6-9(12)10(13)14/h6-8H,3-5H2,1-2H3. The summed E-state index contributed by atoms with van der Waals surface area (Å²) in [6, 6.07) is 0.325. The van der Waals surface area contributed by atoms with E-state index in [1.807, 2.05) is 9.47 Å². The first kappa shape index (κ1) is 9.24. The molecule has 0 radical (unpaired) electrons. The van der Waals surface area contributed by atoms with Gasteiger partial charge in [0.15, 0.2) is 0 Å². The second kappa shape index (κ2) is 3.44. The van der Waals surface area contributed by atoms with E-state index in [1.165, 1.54) is 0 Å². The first-order valence-corrected chi connectivity index (χ1v) is 5.05. The monoisotopic (exact) mass is 193 g/mol. The molecule has 2 rings (SSSR count). The van der Waals surface area contributed by atoms with Crippen LogP contribution in [-0.2, 0) is 6.54 Å². The van der Waals surface area contributed by atoms with Crippen LogP contribution in [0, 0.1) is 0 Å². The molecule has 14 heavy (non-hydrogen) atoms. The lowest BCUT2D eigenvalue weighted by molar-refractivity contribution is 0.0630. The van der Waals surface area contributed by atoms with Gasteiger partial charge in [-0.15, -0.1) is 0 Å². The summed E-state index contributed by atoms with van der Waals surface area (Å²) >= 11 is 0. The molecule has 0 spiro atoms. The minimum absolute atomic E-state index is 0.114. The van der Waals surface area contributed by atoms with E-state index in [0.717, 1.165) is 25.2 Å². The fraction of sp³-hybridized carbons (Fsp3) is 0.600. The molecule has 4 nitrogen and oxygen atoms in total. The molecule has 0 bridgehead atoms. The highest BCUT2D eigenvalue weighted by molar-refractivity contribution is 5.93. The van der Waals surface area contributed by atoms with Crippen LogP contribution >= 0.6 is 0 Å². The van der Waals surface area contributed by atoms with Gasteiger partial charge in [0.2, 0.25) is 0 Å². The average molecular weight is 193 g/mol. The summed E-state index contributed by atoms with van der Waals surface area (Å²) in [4.78, 5) is 17.9. The summed E-state index contributed by atoms with van der Waals surface area (Å²) in [5, 5.41) is 0. The van der Waals surface area contributed by atoms with Crippen LogP contribution in [0.2, 0.25) is 0 Å². The van der Waals surface area contributed by atoms with Gasteiger partial charge in [-0.3, -0.25) is 4.79 Å². The fourth-order valence-electron chi connectivity index (χ4n) is 1.78. The zero-order valence-electron chi connectivity index (χ0n) is 8.60. The van der Waals surface area contributed by atoms with E-state index < -0.39 is 0 Å². The van der Waals surface area contributed by atoms with E-state index in [0.29, 0.717) is 6.04 Å².